The summed E-state index contributed by atoms with van der Waals surface area (Å²) in [5.41, 5.74) is 0. The predicted molar refractivity (Wildman–Crippen MR) is 50.6 cm³/mol. The Hall–Kier alpha value is -1.06. The topological polar surface area (TPSA) is 41.9 Å². The molecule has 1 aliphatic heterocycles. The van der Waals surface area contributed by atoms with Crippen molar-refractivity contribution >= 4 is 12.3 Å². The van der Waals surface area contributed by atoms with Gasteiger partial charge in [0.25, 0.3) is 0 Å². The maximum absolute atomic E-state index is 11.2. The molecule has 0 aromatic rings. The number of ether oxygens (including phenoxy) is 1. The number of amides is 1. The molecule has 4 nitrogen and oxygen atoms in total. The van der Waals surface area contributed by atoms with Gasteiger partial charge in [0, 0.05) is 6.21 Å². The molecule has 1 aliphatic rings. The third-order valence-electron chi connectivity index (χ3n) is 2.04. The summed E-state index contributed by atoms with van der Waals surface area (Å²) in [7, 11) is 0. The minimum atomic E-state index is -0.330. The molecule has 0 spiro atoms. The normalized spacial score (nSPS) is 23.2. The molecule has 1 fully saturated rings. The van der Waals surface area contributed by atoms with Crippen molar-refractivity contribution < 1.29 is 9.53 Å². The number of hydrogen-bond acceptors (Lipinski definition) is 3. The molecule has 0 bridgehead atoms. The highest BCUT2D eigenvalue weighted by atomic mass is 16.6. The Morgan fingerprint density at radius 2 is 2.46 bits per heavy atom. The van der Waals surface area contributed by atoms with Crippen molar-refractivity contribution in [3.05, 3.63) is 0 Å². The first-order valence-corrected chi connectivity index (χ1v) is 4.65. The molecule has 0 saturated carbocycles. The van der Waals surface area contributed by atoms with Gasteiger partial charge in [-0.25, -0.2) is 4.79 Å². The summed E-state index contributed by atoms with van der Waals surface area (Å²) < 4.78 is 4.91. The Labute approximate surface area is 78.6 Å². The minimum Gasteiger partial charge on any atom is -0.446 e. The van der Waals surface area contributed by atoms with E-state index in [4.69, 9.17) is 4.74 Å². The Bertz CT molecular complexity index is 214. The number of cyclic esters (lactones) is 1. The fraction of sp³-hybridized carbons (Fsp3) is 0.778. The standard InChI is InChI=1S/C9H16N2O2/c1-4-5-10-11-8(7(2)3)6-13-9(11)12/h5,7-8H,4,6H2,1-3H3/b10-5+/t8-/m1/s1. The van der Waals surface area contributed by atoms with Crippen LogP contribution in [0.5, 0.6) is 0 Å². The van der Waals surface area contributed by atoms with Crippen molar-refractivity contribution in [3.8, 4) is 0 Å². The molecule has 1 saturated heterocycles. The van der Waals surface area contributed by atoms with Crippen LogP contribution >= 0.6 is 0 Å². The third-order valence-corrected chi connectivity index (χ3v) is 2.04. The average molecular weight is 184 g/mol. The van der Waals surface area contributed by atoms with Gasteiger partial charge in [-0.15, -0.1) is 0 Å². The second-order valence-corrected chi connectivity index (χ2v) is 3.44. The number of carbonyl (C=O) groups excluding carboxylic acids is 1. The first kappa shape index (κ1) is 10.0. The Kier molecular flexibility index (Phi) is 3.28. The van der Waals surface area contributed by atoms with Gasteiger partial charge in [0.2, 0.25) is 0 Å². The Balaban J connectivity index is 2.65. The molecule has 0 aromatic carbocycles. The quantitative estimate of drug-likeness (QED) is 0.628. The summed E-state index contributed by atoms with van der Waals surface area (Å²) in [6.07, 6.45) is 2.22. The monoisotopic (exact) mass is 184 g/mol. The predicted octanol–water partition coefficient (Wildman–Crippen LogP) is 1.86. The van der Waals surface area contributed by atoms with Gasteiger partial charge >= 0.3 is 6.09 Å². The summed E-state index contributed by atoms with van der Waals surface area (Å²) in [6.45, 7) is 6.55. The van der Waals surface area contributed by atoms with Crippen molar-refractivity contribution in [3.63, 3.8) is 0 Å². The molecular weight excluding hydrogens is 168 g/mol. The smallest absolute Gasteiger partial charge is 0.430 e. The minimum absolute atomic E-state index is 0.0929. The van der Waals surface area contributed by atoms with Crippen LogP contribution in [0.15, 0.2) is 5.10 Å². The molecule has 74 valence electrons. The fourth-order valence-corrected chi connectivity index (χ4v) is 1.21. The van der Waals surface area contributed by atoms with Gasteiger partial charge < -0.3 is 4.74 Å². The summed E-state index contributed by atoms with van der Waals surface area (Å²) in [5.74, 6) is 0.375. The van der Waals surface area contributed by atoms with E-state index < -0.39 is 0 Å². The van der Waals surface area contributed by atoms with Crippen LogP contribution in [0.3, 0.4) is 0 Å². The lowest BCUT2D eigenvalue weighted by Gasteiger charge is -2.18. The van der Waals surface area contributed by atoms with Gasteiger partial charge in [-0.1, -0.05) is 20.8 Å². The van der Waals surface area contributed by atoms with Crippen LogP contribution in [-0.2, 0) is 4.74 Å². The average Bonchev–Trinajstić information content (AvgIpc) is 2.43. The first-order valence-electron chi connectivity index (χ1n) is 4.65. The number of hydrazone groups is 1. The Morgan fingerprint density at radius 3 is 3.00 bits per heavy atom. The van der Waals surface area contributed by atoms with Gasteiger partial charge in [0.1, 0.15) is 6.61 Å². The number of rotatable bonds is 3. The SMILES string of the molecule is CC/C=N/N1C(=O)OC[C@@H]1C(C)C. The van der Waals surface area contributed by atoms with Crippen LogP contribution in [0.1, 0.15) is 27.2 Å². The van der Waals surface area contributed by atoms with Gasteiger partial charge in [0.15, 0.2) is 0 Å². The highest BCUT2D eigenvalue weighted by Gasteiger charge is 2.34. The van der Waals surface area contributed by atoms with Crippen LogP contribution in [0.4, 0.5) is 4.79 Å². The fourth-order valence-electron chi connectivity index (χ4n) is 1.21. The zero-order valence-corrected chi connectivity index (χ0v) is 8.36. The molecule has 0 radical (unpaired) electrons. The summed E-state index contributed by atoms with van der Waals surface area (Å²) in [6, 6.07) is 0.0929. The second kappa shape index (κ2) is 4.25. The Morgan fingerprint density at radius 1 is 1.77 bits per heavy atom. The van der Waals surface area contributed by atoms with Crippen molar-refractivity contribution in [1.29, 1.82) is 0 Å². The van der Waals surface area contributed by atoms with E-state index >= 15 is 0 Å². The van der Waals surface area contributed by atoms with Gasteiger partial charge in [-0.05, 0) is 12.3 Å². The molecule has 0 aromatic heterocycles. The molecule has 0 N–H and O–H groups in total. The maximum Gasteiger partial charge on any atom is 0.430 e. The van der Waals surface area contributed by atoms with E-state index in [0.717, 1.165) is 6.42 Å². The summed E-state index contributed by atoms with van der Waals surface area (Å²) in [4.78, 5) is 11.2. The number of hydrogen-bond donors (Lipinski definition) is 0. The summed E-state index contributed by atoms with van der Waals surface area (Å²) in [5, 5.41) is 5.50. The molecule has 4 heteroatoms. The lowest BCUT2D eigenvalue weighted by molar-refractivity contribution is 0.158. The van der Waals surface area contributed by atoms with Crippen LogP contribution in [0, 0.1) is 5.92 Å². The van der Waals surface area contributed by atoms with E-state index in [2.05, 4.69) is 18.9 Å². The van der Waals surface area contributed by atoms with Crippen molar-refractivity contribution in [2.45, 2.75) is 33.2 Å². The van der Waals surface area contributed by atoms with E-state index in [1.165, 1.54) is 5.01 Å². The van der Waals surface area contributed by atoms with E-state index in [1.807, 2.05) is 6.92 Å². The zero-order chi connectivity index (χ0) is 9.84. The molecule has 1 atom stereocenters. The molecule has 0 unspecified atom stereocenters. The molecule has 0 aliphatic carbocycles. The second-order valence-electron chi connectivity index (χ2n) is 3.44. The van der Waals surface area contributed by atoms with E-state index in [9.17, 15) is 4.79 Å². The molecule has 1 heterocycles. The van der Waals surface area contributed by atoms with E-state index in [0.29, 0.717) is 12.5 Å². The van der Waals surface area contributed by atoms with E-state index in [1.54, 1.807) is 6.21 Å². The highest BCUT2D eigenvalue weighted by Crippen LogP contribution is 2.19. The van der Waals surface area contributed by atoms with Crippen molar-refractivity contribution in [2.75, 3.05) is 6.61 Å². The molecule has 13 heavy (non-hydrogen) atoms. The third kappa shape index (κ3) is 2.20. The van der Waals surface area contributed by atoms with Gasteiger partial charge in [-0.3, -0.25) is 0 Å². The lowest BCUT2D eigenvalue weighted by Crippen LogP contribution is -2.32. The van der Waals surface area contributed by atoms with Crippen LogP contribution in [-0.4, -0.2) is 30.0 Å². The van der Waals surface area contributed by atoms with Crippen molar-refractivity contribution in [1.82, 2.24) is 5.01 Å². The molecule has 1 amide bonds. The lowest BCUT2D eigenvalue weighted by atomic mass is 10.1. The maximum atomic E-state index is 11.2. The van der Waals surface area contributed by atoms with Gasteiger partial charge in [0.05, 0.1) is 6.04 Å². The van der Waals surface area contributed by atoms with E-state index in [-0.39, 0.29) is 12.1 Å². The zero-order valence-electron chi connectivity index (χ0n) is 8.36. The number of carbonyl (C=O) groups is 1. The van der Waals surface area contributed by atoms with Gasteiger partial charge in [-0.2, -0.15) is 10.1 Å². The van der Waals surface area contributed by atoms with Crippen molar-refractivity contribution in [2.24, 2.45) is 11.0 Å². The molecular formula is C9H16N2O2. The first-order chi connectivity index (χ1) is 6.16. The molecule has 1 rings (SSSR count). The largest absolute Gasteiger partial charge is 0.446 e. The summed E-state index contributed by atoms with van der Waals surface area (Å²) >= 11 is 0. The van der Waals surface area contributed by atoms with Crippen LogP contribution in [0.2, 0.25) is 0 Å². The van der Waals surface area contributed by atoms with Crippen LogP contribution < -0.4 is 0 Å². The number of nitrogens with zero attached hydrogens (tertiary/aromatic N) is 2. The highest BCUT2D eigenvalue weighted by molar-refractivity contribution is 5.71. The van der Waals surface area contributed by atoms with Crippen LogP contribution in [0.25, 0.3) is 0 Å².